The van der Waals surface area contributed by atoms with Crippen molar-refractivity contribution in [1.82, 2.24) is 14.7 Å². The van der Waals surface area contributed by atoms with Crippen molar-refractivity contribution < 1.29 is 14.7 Å². The number of rotatable bonds is 6. The summed E-state index contributed by atoms with van der Waals surface area (Å²) < 4.78 is 0. The molecule has 0 spiro atoms. The van der Waals surface area contributed by atoms with E-state index in [9.17, 15) is 14.7 Å². The van der Waals surface area contributed by atoms with E-state index in [1.54, 1.807) is 24.3 Å². The van der Waals surface area contributed by atoms with Gasteiger partial charge >= 0.3 is 0 Å². The average molecular weight is 388 g/mol. The van der Waals surface area contributed by atoms with Gasteiger partial charge in [0.1, 0.15) is 0 Å². The molecule has 1 N–H and O–H groups in total. The Morgan fingerprint density at radius 2 is 1.82 bits per heavy atom. The van der Waals surface area contributed by atoms with Gasteiger partial charge in [0.2, 0.25) is 0 Å². The summed E-state index contributed by atoms with van der Waals surface area (Å²) in [5, 5.41) is 9.33. The largest absolute Gasteiger partial charge is 0.396 e. The van der Waals surface area contributed by atoms with Crippen molar-refractivity contribution in [2.24, 2.45) is 5.92 Å². The first-order valence-corrected chi connectivity index (χ1v) is 10.4. The van der Waals surface area contributed by atoms with Gasteiger partial charge in [0.25, 0.3) is 5.91 Å². The molecule has 2 saturated heterocycles. The highest BCUT2D eigenvalue weighted by Gasteiger charge is 2.35. The van der Waals surface area contributed by atoms with Gasteiger partial charge in [-0.1, -0.05) is 12.1 Å². The Morgan fingerprint density at radius 3 is 2.50 bits per heavy atom. The van der Waals surface area contributed by atoms with Crippen LogP contribution in [-0.2, 0) is 0 Å². The molecule has 2 aliphatic rings. The first-order valence-electron chi connectivity index (χ1n) is 10.4. The first-order chi connectivity index (χ1) is 13.5. The van der Waals surface area contributed by atoms with E-state index < -0.39 is 0 Å². The van der Waals surface area contributed by atoms with Gasteiger partial charge in [-0.25, -0.2) is 0 Å². The maximum atomic E-state index is 13.1. The number of aliphatic hydroxyl groups excluding tert-OH is 1. The van der Waals surface area contributed by atoms with E-state index in [2.05, 4.69) is 16.8 Å². The van der Waals surface area contributed by atoms with Crippen LogP contribution in [0, 0.1) is 5.92 Å². The van der Waals surface area contributed by atoms with Crippen molar-refractivity contribution in [2.45, 2.75) is 32.2 Å². The Hall–Kier alpha value is -1.76. The molecule has 6 heteroatoms. The number of amides is 1. The number of likely N-dealkylation sites (N-methyl/N-ethyl adjacent to an activating group) is 1. The van der Waals surface area contributed by atoms with E-state index in [1.807, 2.05) is 4.90 Å². The SMILES string of the molecule is CC(=O)c1cccc(C(=O)N2CC[C@@H](N3CCN(C)CC3)[C@@H](CCCO)C2)c1. The Labute approximate surface area is 168 Å². The number of Topliss-reactive ketones (excluding diaryl/α,β-unsaturated/α-hetero) is 1. The molecule has 2 atom stereocenters. The summed E-state index contributed by atoms with van der Waals surface area (Å²) in [6.45, 7) is 7.51. The lowest BCUT2D eigenvalue weighted by Gasteiger charge is -2.46. The number of hydrogen-bond donors (Lipinski definition) is 1. The number of likely N-dealkylation sites (tertiary alicyclic amines) is 1. The summed E-state index contributed by atoms with van der Waals surface area (Å²) >= 11 is 0. The Bertz CT molecular complexity index is 685. The molecule has 0 radical (unpaired) electrons. The molecule has 6 nitrogen and oxygen atoms in total. The number of aliphatic hydroxyl groups is 1. The van der Waals surface area contributed by atoms with E-state index >= 15 is 0 Å². The number of piperidine rings is 1. The minimum atomic E-state index is -0.0238. The third kappa shape index (κ3) is 4.99. The van der Waals surface area contributed by atoms with Crippen molar-refractivity contribution in [3.05, 3.63) is 35.4 Å². The normalized spacial score (nSPS) is 24.3. The molecule has 1 aromatic rings. The number of hydrogen-bond acceptors (Lipinski definition) is 5. The monoisotopic (exact) mass is 387 g/mol. The fourth-order valence-electron chi connectivity index (χ4n) is 4.53. The molecular formula is C22H33N3O3. The zero-order valence-electron chi connectivity index (χ0n) is 17.1. The molecule has 28 heavy (non-hydrogen) atoms. The fraction of sp³-hybridized carbons (Fsp3) is 0.636. The number of piperazine rings is 1. The van der Waals surface area contributed by atoms with Gasteiger partial charge in [-0.15, -0.1) is 0 Å². The summed E-state index contributed by atoms with van der Waals surface area (Å²) in [6.07, 6.45) is 2.68. The maximum Gasteiger partial charge on any atom is 0.253 e. The van der Waals surface area contributed by atoms with Crippen molar-refractivity contribution in [3.63, 3.8) is 0 Å². The van der Waals surface area contributed by atoms with Crippen LogP contribution in [0.2, 0.25) is 0 Å². The summed E-state index contributed by atoms with van der Waals surface area (Å²) in [5.74, 6) is 0.363. The second-order valence-corrected chi connectivity index (χ2v) is 8.21. The second kappa shape index (κ2) is 9.63. The summed E-state index contributed by atoms with van der Waals surface area (Å²) in [4.78, 5) is 31.6. The number of ketones is 1. The van der Waals surface area contributed by atoms with Gasteiger partial charge < -0.3 is 14.9 Å². The van der Waals surface area contributed by atoms with Gasteiger partial charge in [0, 0.05) is 63.0 Å². The quantitative estimate of drug-likeness (QED) is 0.754. The predicted molar refractivity (Wildman–Crippen MR) is 110 cm³/mol. The molecular weight excluding hydrogens is 354 g/mol. The molecule has 154 valence electrons. The summed E-state index contributed by atoms with van der Waals surface area (Å²) in [6, 6.07) is 7.52. The number of carbonyl (C=O) groups is 2. The van der Waals surface area contributed by atoms with Crippen molar-refractivity contribution >= 4 is 11.7 Å². The Kier molecular flexibility index (Phi) is 7.21. The fourth-order valence-corrected chi connectivity index (χ4v) is 4.53. The number of benzene rings is 1. The molecule has 2 heterocycles. The lowest BCUT2D eigenvalue weighted by atomic mass is 9.86. The first kappa shape index (κ1) is 21.0. The Morgan fingerprint density at radius 1 is 1.11 bits per heavy atom. The van der Waals surface area contributed by atoms with Gasteiger partial charge in [0.15, 0.2) is 5.78 Å². The highest BCUT2D eigenvalue weighted by Crippen LogP contribution is 2.28. The van der Waals surface area contributed by atoms with Crippen LogP contribution in [0.4, 0.5) is 0 Å². The molecule has 0 saturated carbocycles. The van der Waals surface area contributed by atoms with Gasteiger partial charge in [-0.05, 0) is 51.3 Å². The summed E-state index contributed by atoms with van der Waals surface area (Å²) in [7, 11) is 2.16. The van der Waals surface area contributed by atoms with Crippen LogP contribution in [0.5, 0.6) is 0 Å². The zero-order valence-corrected chi connectivity index (χ0v) is 17.1. The Balaban J connectivity index is 1.70. The molecule has 1 aromatic carbocycles. The second-order valence-electron chi connectivity index (χ2n) is 8.21. The molecule has 0 bridgehead atoms. The molecule has 0 aliphatic carbocycles. The maximum absolute atomic E-state index is 13.1. The highest BCUT2D eigenvalue weighted by molar-refractivity contribution is 5.99. The highest BCUT2D eigenvalue weighted by atomic mass is 16.3. The molecule has 1 amide bonds. The van der Waals surface area contributed by atoms with Gasteiger partial charge in [-0.2, -0.15) is 0 Å². The standard InChI is InChI=1S/C22H33N3O3/c1-17(27)18-5-3-6-19(15-18)22(28)25-9-8-21(20(16-25)7-4-14-26)24-12-10-23(2)11-13-24/h3,5-6,15,20-21,26H,4,7-14,16H2,1-2H3/t20-,21+/m0/s1. The van der Waals surface area contributed by atoms with E-state index in [1.165, 1.54) is 6.92 Å². The van der Waals surface area contributed by atoms with Crippen LogP contribution in [-0.4, -0.2) is 90.5 Å². The molecule has 0 aromatic heterocycles. The van der Waals surface area contributed by atoms with E-state index in [0.29, 0.717) is 23.1 Å². The smallest absolute Gasteiger partial charge is 0.253 e. The third-order valence-electron chi connectivity index (χ3n) is 6.24. The van der Waals surface area contributed by atoms with Gasteiger partial charge in [-0.3, -0.25) is 14.5 Å². The lowest BCUT2D eigenvalue weighted by Crippen LogP contribution is -2.56. The zero-order chi connectivity index (χ0) is 20.1. The molecule has 3 rings (SSSR count). The van der Waals surface area contributed by atoms with Crippen molar-refractivity contribution in [2.75, 3.05) is 52.9 Å². The molecule has 0 unspecified atom stereocenters. The van der Waals surface area contributed by atoms with Crippen molar-refractivity contribution in [3.8, 4) is 0 Å². The average Bonchev–Trinajstić information content (AvgIpc) is 2.72. The van der Waals surface area contributed by atoms with Crippen molar-refractivity contribution in [1.29, 1.82) is 0 Å². The summed E-state index contributed by atoms with van der Waals surface area (Å²) in [5.41, 5.74) is 1.17. The topological polar surface area (TPSA) is 64.1 Å². The number of nitrogens with zero attached hydrogens (tertiary/aromatic N) is 3. The van der Waals surface area contributed by atoms with Crippen LogP contribution < -0.4 is 0 Å². The number of carbonyl (C=O) groups excluding carboxylic acids is 2. The third-order valence-corrected chi connectivity index (χ3v) is 6.24. The minimum Gasteiger partial charge on any atom is -0.396 e. The molecule has 2 aliphatic heterocycles. The minimum absolute atomic E-state index is 0.00826. The van der Waals surface area contributed by atoms with Crippen LogP contribution in [0.15, 0.2) is 24.3 Å². The van der Waals surface area contributed by atoms with E-state index in [-0.39, 0.29) is 18.3 Å². The van der Waals surface area contributed by atoms with E-state index in [4.69, 9.17) is 0 Å². The van der Waals surface area contributed by atoms with Crippen LogP contribution >= 0.6 is 0 Å². The van der Waals surface area contributed by atoms with Gasteiger partial charge in [0.05, 0.1) is 0 Å². The molecule has 2 fully saturated rings. The van der Waals surface area contributed by atoms with Crippen LogP contribution in [0.3, 0.4) is 0 Å². The van der Waals surface area contributed by atoms with Crippen LogP contribution in [0.25, 0.3) is 0 Å². The lowest BCUT2D eigenvalue weighted by molar-refractivity contribution is 0.0218. The predicted octanol–water partition coefficient (Wildman–Crippen LogP) is 1.74. The van der Waals surface area contributed by atoms with E-state index in [0.717, 1.165) is 58.5 Å². The van der Waals surface area contributed by atoms with Crippen LogP contribution in [0.1, 0.15) is 46.9 Å².